The van der Waals surface area contributed by atoms with Gasteiger partial charge in [-0.3, -0.25) is 0 Å². The molecule has 0 N–H and O–H groups in total. The molecule has 1 aliphatic carbocycles. The van der Waals surface area contributed by atoms with Gasteiger partial charge < -0.3 is 9.80 Å². The fourth-order valence-corrected chi connectivity index (χ4v) is 5.67. The van der Waals surface area contributed by atoms with Gasteiger partial charge in [0.2, 0.25) is 5.95 Å². The van der Waals surface area contributed by atoms with Crippen LogP contribution in [-0.2, 0) is 18.4 Å². The van der Waals surface area contributed by atoms with Crippen LogP contribution in [-0.4, -0.2) is 29.6 Å². The number of benzene rings is 2. The minimum Gasteiger partial charge on any atom is -0.365 e. The van der Waals surface area contributed by atoms with Crippen LogP contribution in [0, 0.1) is 12.8 Å². The fraction of sp³-hybridized carbons (Fsp3) is 0.429. The molecule has 1 aromatic heterocycles. The summed E-state index contributed by atoms with van der Waals surface area (Å²) >= 11 is 0. The molecule has 2 aliphatic heterocycles. The quantitative estimate of drug-likeness (QED) is 0.571. The summed E-state index contributed by atoms with van der Waals surface area (Å²) in [5, 5.41) is 0. The van der Waals surface area contributed by atoms with Crippen molar-refractivity contribution in [1.82, 2.24) is 9.97 Å². The van der Waals surface area contributed by atoms with E-state index >= 15 is 0 Å². The molecule has 3 aliphatic rings. The van der Waals surface area contributed by atoms with Crippen LogP contribution in [0.5, 0.6) is 0 Å². The maximum absolute atomic E-state index is 4.94. The zero-order valence-electron chi connectivity index (χ0n) is 19.2. The number of fused-ring (bicyclic) bond motifs is 1. The van der Waals surface area contributed by atoms with Crippen LogP contribution >= 0.6 is 0 Å². The fourth-order valence-electron chi connectivity index (χ4n) is 5.67. The van der Waals surface area contributed by atoms with Crippen molar-refractivity contribution < 1.29 is 0 Å². The Morgan fingerprint density at radius 3 is 2.22 bits per heavy atom. The van der Waals surface area contributed by atoms with Crippen LogP contribution in [0.25, 0.3) is 0 Å². The van der Waals surface area contributed by atoms with E-state index in [1.165, 1.54) is 52.9 Å². The van der Waals surface area contributed by atoms with E-state index in [0.717, 1.165) is 44.5 Å². The summed E-state index contributed by atoms with van der Waals surface area (Å²) < 4.78 is 0. The normalized spacial score (nSPS) is 19.8. The summed E-state index contributed by atoms with van der Waals surface area (Å²) in [6.45, 7) is 8.50. The summed E-state index contributed by atoms with van der Waals surface area (Å²) in [5.41, 5.74) is 8.28. The van der Waals surface area contributed by atoms with E-state index in [2.05, 4.69) is 83.4 Å². The molecule has 164 valence electrons. The highest BCUT2D eigenvalue weighted by atomic mass is 15.3. The minimum atomic E-state index is 0.206. The van der Waals surface area contributed by atoms with Crippen molar-refractivity contribution in [3.8, 4) is 0 Å². The van der Waals surface area contributed by atoms with Crippen LogP contribution in [0.3, 0.4) is 0 Å². The number of hydrogen-bond acceptors (Lipinski definition) is 4. The van der Waals surface area contributed by atoms with Gasteiger partial charge in [0.05, 0.1) is 12.2 Å². The van der Waals surface area contributed by atoms with Gasteiger partial charge in [0.25, 0.3) is 0 Å². The lowest BCUT2D eigenvalue weighted by Gasteiger charge is -2.43. The zero-order chi connectivity index (χ0) is 21.7. The van der Waals surface area contributed by atoms with E-state index in [1.54, 1.807) is 0 Å². The van der Waals surface area contributed by atoms with Crippen molar-refractivity contribution in [3.63, 3.8) is 0 Å². The molecule has 2 aromatic carbocycles. The molecule has 0 unspecified atom stereocenters. The van der Waals surface area contributed by atoms with Crippen molar-refractivity contribution in [1.29, 1.82) is 0 Å². The Balaban J connectivity index is 1.22. The second-order valence-electron chi connectivity index (χ2n) is 10.2. The molecule has 3 aromatic rings. The number of aromatic nitrogens is 2. The van der Waals surface area contributed by atoms with Crippen molar-refractivity contribution in [2.75, 3.05) is 29.4 Å². The number of aryl methyl sites for hydroxylation is 1. The standard InChI is InChI=1S/C28H32N4/c1-20-4-6-23(7-5-20)28(13-3-14-28)24-8-10-25(11-9-24)31-15-12-22-16-29-27(30-26(22)19-31)32-17-21(2)18-32/h4-11,16,21H,3,12-15,17-19H2,1-2H3. The van der Waals surface area contributed by atoms with E-state index in [9.17, 15) is 0 Å². The number of nitrogens with zero attached hydrogens (tertiary/aromatic N) is 4. The first-order chi connectivity index (χ1) is 15.6. The molecule has 0 amide bonds. The second-order valence-corrected chi connectivity index (χ2v) is 10.2. The molecule has 0 bridgehead atoms. The molecule has 6 rings (SSSR count). The Kier molecular flexibility index (Phi) is 4.71. The average molecular weight is 425 g/mol. The Bertz CT molecular complexity index is 1110. The zero-order valence-corrected chi connectivity index (χ0v) is 19.2. The summed E-state index contributed by atoms with van der Waals surface area (Å²) in [6, 6.07) is 18.6. The maximum atomic E-state index is 4.94. The molecule has 0 spiro atoms. The van der Waals surface area contributed by atoms with E-state index in [-0.39, 0.29) is 5.41 Å². The van der Waals surface area contributed by atoms with Crippen molar-refractivity contribution >= 4 is 11.6 Å². The largest absolute Gasteiger partial charge is 0.365 e. The molecule has 32 heavy (non-hydrogen) atoms. The highest BCUT2D eigenvalue weighted by molar-refractivity contribution is 5.53. The Hall–Kier alpha value is -2.88. The van der Waals surface area contributed by atoms with Crippen LogP contribution in [0.4, 0.5) is 11.6 Å². The molecule has 4 heteroatoms. The highest BCUT2D eigenvalue weighted by Gasteiger charge is 2.40. The van der Waals surface area contributed by atoms with Gasteiger partial charge in [-0.15, -0.1) is 0 Å². The Morgan fingerprint density at radius 2 is 1.59 bits per heavy atom. The first kappa shape index (κ1) is 19.8. The van der Waals surface area contributed by atoms with Gasteiger partial charge in [-0.1, -0.05) is 55.3 Å². The van der Waals surface area contributed by atoms with Gasteiger partial charge in [-0.05, 0) is 60.9 Å². The van der Waals surface area contributed by atoms with Gasteiger partial charge in [-0.2, -0.15) is 0 Å². The smallest absolute Gasteiger partial charge is 0.225 e. The molecule has 4 nitrogen and oxygen atoms in total. The minimum absolute atomic E-state index is 0.206. The third kappa shape index (κ3) is 3.28. The van der Waals surface area contributed by atoms with Crippen molar-refractivity contribution in [2.24, 2.45) is 5.92 Å². The van der Waals surface area contributed by atoms with Gasteiger partial charge in [0.15, 0.2) is 0 Å². The molecule has 2 fully saturated rings. The summed E-state index contributed by atoms with van der Waals surface area (Å²) in [7, 11) is 0. The van der Waals surface area contributed by atoms with Crippen LogP contribution < -0.4 is 9.80 Å². The van der Waals surface area contributed by atoms with Crippen LogP contribution in [0.15, 0.2) is 54.7 Å². The van der Waals surface area contributed by atoms with Crippen molar-refractivity contribution in [2.45, 2.75) is 51.5 Å². The SMILES string of the molecule is Cc1ccc(C2(c3ccc(N4CCc5cnc(N6CC(C)C6)nc5C4)cc3)CCC2)cc1. The van der Waals surface area contributed by atoms with E-state index in [4.69, 9.17) is 4.98 Å². The molecule has 1 saturated carbocycles. The lowest BCUT2D eigenvalue weighted by Crippen LogP contribution is -2.46. The van der Waals surface area contributed by atoms with E-state index in [1.807, 2.05) is 0 Å². The van der Waals surface area contributed by atoms with Crippen LogP contribution in [0.1, 0.15) is 54.1 Å². The molecule has 0 atom stereocenters. The maximum Gasteiger partial charge on any atom is 0.225 e. The predicted octanol–water partition coefficient (Wildman–Crippen LogP) is 5.27. The monoisotopic (exact) mass is 424 g/mol. The molecular weight excluding hydrogens is 392 g/mol. The van der Waals surface area contributed by atoms with Gasteiger partial charge >= 0.3 is 0 Å². The first-order valence-corrected chi connectivity index (χ1v) is 12.1. The van der Waals surface area contributed by atoms with Gasteiger partial charge in [0, 0.05) is 36.9 Å². The average Bonchev–Trinajstić information content (AvgIpc) is 2.77. The summed E-state index contributed by atoms with van der Waals surface area (Å²) in [6.07, 6.45) is 6.89. The predicted molar refractivity (Wildman–Crippen MR) is 130 cm³/mol. The van der Waals surface area contributed by atoms with Gasteiger partial charge in [-0.25, -0.2) is 9.97 Å². The number of rotatable bonds is 4. The Morgan fingerprint density at radius 1 is 0.906 bits per heavy atom. The van der Waals surface area contributed by atoms with Gasteiger partial charge in [0.1, 0.15) is 0 Å². The van der Waals surface area contributed by atoms with Crippen molar-refractivity contribution in [3.05, 3.63) is 82.7 Å². The number of hydrogen-bond donors (Lipinski definition) is 0. The lowest BCUT2D eigenvalue weighted by molar-refractivity contribution is 0.301. The van der Waals surface area contributed by atoms with E-state index in [0.29, 0.717) is 0 Å². The molecule has 3 heterocycles. The molecular formula is C28H32N4. The lowest BCUT2D eigenvalue weighted by atomic mass is 9.60. The van der Waals surface area contributed by atoms with E-state index < -0.39 is 0 Å². The molecule has 1 saturated heterocycles. The summed E-state index contributed by atoms with van der Waals surface area (Å²) in [4.78, 5) is 14.3. The second kappa shape index (κ2) is 7.61. The Labute approximate surface area is 191 Å². The molecule has 0 radical (unpaired) electrons. The topological polar surface area (TPSA) is 32.3 Å². The van der Waals surface area contributed by atoms with Crippen LogP contribution in [0.2, 0.25) is 0 Å². The number of anilines is 2. The highest BCUT2D eigenvalue weighted by Crippen LogP contribution is 2.49. The summed E-state index contributed by atoms with van der Waals surface area (Å²) in [5.74, 6) is 1.66. The first-order valence-electron chi connectivity index (χ1n) is 12.1. The third-order valence-electron chi connectivity index (χ3n) is 7.88. The third-order valence-corrected chi connectivity index (χ3v) is 7.88.